The number of hydrogen-bond acceptors (Lipinski definition) is 9. The highest BCUT2D eigenvalue weighted by Gasteiger charge is 2.25. The number of hydrogen-bond donors (Lipinski definition) is 2. The van der Waals surface area contributed by atoms with Crippen LogP contribution in [0.25, 0.3) is 0 Å². The molecular formula is C27H39N5O6SSi-. The molecule has 0 radical (unpaired) electrons. The van der Waals surface area contributed by atoms with Crippen molar-refractivity contribution in [2.24, 2.45) is 0 Å². The van der Waals surface area contributed by atoms with Gasteiger partial charge in [0.1, 0.15) is 11.6 Å². The molecule has 4 rings (SSSR count). The van der Waals surface area contributed by atoms with Gasteiger partial charge in [-0.15, -0.1) is 20.2 Å². The number of esters is 1. The van der Waals surface area contributed by atoms with E-state index >= 15 is 0 Å². The van der Waals surface area contributed by atoms with E-state index in [0.717, 1.165) is 49.6 Å². The molecule has 2 aromatic rings. The molecule has 0 spiro atoms. The predicted octanol–water partition coefficient (Wildman–Crippen LogP) is 3.31. The van der Waals surface area contributed by atoms with Gasteiger partial charge >= 0.3 is 5.97 Å². The molecule has 2 aliphatic rings. The predicted molar refractivity (Wildman–Crippen MR) is 160 cm³/mol. The zero-order chi connectivity index (χ0) is 28.9. The maximum atomic E-state index is 13.6. The second kappa shape index (κ2) is 12.6. The van der Waals surface area contributed by atoms with Crippen molar-refractivity contribution in [1.82, 2.24) is 4.98 Å². The molecule has 11 nitrogen and oxygen atoms in total. The zero-order valence-electron chi connectivity index (χ0n) is 23.7. The lowest BCUT2D eigenvalue weighted by atomic mass is 10.1. The third-order valence-electron chi connectivity index (χ3n) is 7.21. The number of pyridine rings is 1. The Labute approximate surface area is 237 Å². The number of ether oxygens (including phenoxy) is 2. The molecule has 40 heavy (non-hydrogen) atoms. The van der Waals surface area contributed by atoms with Crippen molar-refractivity contribution in [3.8, 4) is 0 Å². The summed E-state index contributed by atoms with van der Waals surface area (Å²) >= 11 is 0. The van der Waals surface area contributed by atoms with E-state index in [-0.39, 0.29) is 18.2 Å². The van der Waals surface area contributed by atoms with Gasteiger partial charge in [-0.3, -0.25) is 14.3 Å². The van der Waals surface area contributed by atoms with Gasteiger partial charge in [0.05, 0.1) is 36.8 Å². The van der Waals surface area contributed by atoms with Crippen molar-refractivity contribution >= 4 is 53.0 Å². The Morgan fingerprint density at radius 1 is 1.05 bits per heavy atom. The SMILES string of the molecule is CCOC(=O)CS(=O)(=O)Nc1ccc(C(=O)Nc2ccc(C)c(N3CCOCC3)n2)c(N2CC[Si-](C)(C)CC2)c1. The second-order valence-corrected chi connectivity index (χ2v) is 18.0. The summed E-state index contributed by atoms with van der Waals surface area (Å²) in [6.45, 7) is 12.7. The smallest absolute Gasteiger partial charge is 0.323 e. The molecule has 219 valence electrons. The first-order valence-electron chi connectivity index (χ1n) is 13.6. The molecule has 0 aliphatic carbocycles. The van der Waals surface area contributed by atoms with Crippen LogP contribution in [0.5, 0.6) is 0 Å². The van der Waals surface area contributed by atoms with Crippen molar-refractivity contribution in [3.63, 3.8) is 0 Å². The maximum absolute atomic E-state index is 13.6. The Morgan fingerprint density at radius 2 is 1.75 bits per heavy atom. The summed E-state index contributed by atoms with van der Waals surface area (Å²) in [5.41, 5.74) is 2.35. The largest absolute Gasteiger partial charge is 0.465 e. The van der Waals surface area contributed by atoms with Gasteiger partial charge in [0.15, 0.2) is 5.75 Å². The summed E-state index contributed by atoms with van der Waals surface area (Å²) in [5, 5.41) is 2.94. The summed E-state index contributed by atoms with van der Waals surface area (Å²) in [6, 6.07) is 10.7. The average molecular weight is 590 g/mol. The number of amides is 1. The van der Waals surface area contributed by atoms with Crippen LogP contribution in [0.1, 0.15) is 22.8 Å². The monoisotopic (exact) mass is 589 g/mol. The minimum absolute atomic E-state index is 0.0979. The van der Waals surface area contributed by atoms with E-state index in [0.29, 0.717) is 30.3 Å². The Morgan fingerprint density at radius 3 is 2.42 bits per heavy atom. The third-order valence-corrected chi connectivity index (χ3v) is 11.5. The Kier molecular flexibility index (Phi) is 9.36. The highest BCUT2D eigenvalue weighted by Crippen LogP contribution is 2.32. The van der Waals surface area contributed by atoms with E-state index < -0.39 is 29.8 Å². The van der Waals surface area contributed by atoms with Gasteiger partial charge in [0.25, 0.3) is 5.91 Å². The number of rotatable bonds is 9. The number of morpholine rings is 1. The number of carbonyl (C=O) groups excluding carboxylic acids is 2. The van der Waals surface area contributed by atoms with E-state index in [1.165, 1.54) is 6.07 Å². The fraction of sp³-hybridized carbons (Fsp3) is 0.519. The van der Waals surface area contributed by atoms with Crippen LogP contribution in [0, 0.1) is 6.92 Å². The van der Waals surface area contributed by atoms with Crippen molar-refractivity contribution in [1.29, 1.82) is 0 Å². The average Bonchev–Trinajstić information content (AvgIpc) is 2.89. The molecule has 13 heteroatoms. The molecule has 0 atom stereocenters. The zero-order valence-corrected chi connectivity index (χ0v) is 25.5. The number of nitrogens with one attached hydrogen (secondary N) is 2. The van der Waals surface area contributed by atoms with Crippen molar-refractivity contribution < 1.29 is 27.5 Å². The van der Waals surface area contributed by atoms with E-state index in [4.69, 9.17) is 14.5 Å². The van der Waals surface area contributed by atoms with Gasteiger partial charge in [-0.2, -0.15) is 13.1 Å². The summed E-state index contributed by atoms with van der Waals surface area (Å²) in [4.78, 5) is 34.4. The fourth-order valence-electron chi connectivity index (χ4n) is 4.84. The maximum Gasteiger partial charge on any atom is 0.323 e. The minimum atomic E-state index is -3.98. The molecule has 3 heterocycles. The number of benzene rings is 1. The van der Waals surface area contributed by atoms with Crippen molar-refractivity contribution in [2.45, 2.75) is 39.0 Å². The van der Waals surface area contributed by atoms with Crippen LogP contribution in [-0.2, 0) is 24.3 Å². The van der Waals surface area contributed by atoms with Crippen molar-refractivity contribution in [3.05, 3.63) is 41.5 Å². The summed E-state index contributed by atoms with van der Waals surface area (Å²) < 4.78 is 37.9. The first-order valence-corrected chi connectivity index (χ1v) is 18.7. The lowest BCUT2D eigenvalue weighted by Crippen LogP contribution is -2.43. The van der Waals surface area contributed by atoms with E-state index in [1.54, 1.807) is 25.1 Å². The third kappa shape index (κ3) is 7.73. The van der Waals surface area contributed by atoms with Crippen LogP contribution in [0.15, 0.2) is 30.3 Å². The lowest BCUT2D eigenvalue weighted by molar-refractivity contribution is -0.139. The molecule has 2 aliphatic heterocycles. The van der Waals surface area contributed by atoms with Crippen LogP contribution in [0.3, 0.4) is 0 Å². The molecule has 1 aromatic carbocycles. The number of sulfonamides is 1. The standard InChI is InChI=1S/C27H39N5O6SSi/c1-5-38-25(33)19-39(35,36)30-21-7-8-22(23(18-21)31-12-16-40(3,4)17-13-31)27(34)29-24-9-6-20(2)26(28-24)32-10-14-37-15-11-32/h6-9,18,30H,5,10-17,19H2,1-4H3,(H,28,29,34)/q-1. The van der Waals surface area contributed by atoms with Crippen LogP contribution in [0.4, 0.5) is 23.0 Å². The normalized spacial score (nSPS) is 17.3. The molecule has 1 amide bonds. The van der Waals surface area contributed by atoms with Crippen LogP contribution in [-0.4, -0.2) is 85.1 Å². The molecule has 0 bridgehead atoms. The number of carbonyl (C=O) groups is 2. The number of nitrogens with zero attached hydrogens (tertiary/aromatic N) is 3. The molecule has 1 aromatic heterocycles. The van der Waals surface area contributed by atoms with Gasteiger partial charge in [-0.25, -0.2) is 13.4 Å². The fourth-order valence-corrected chi connectivity index (χ4v) is 7.79. The first kappa shape index (κ1) is 29.8. The van der Waals surface area contributed by atoms with Gasteiger partial charge in [-0.05, 0) is 56.8 Å². The van der Waals surface area contributed by atoms with Gasteiger partial charge < -0.3 is 24.6 Å². The lowest BCUT2D eigenvalue weighted by Gasteiger charge is -2.45. The minimum Gasteiger partial charge on any atom is -0.465 e. The highest BCUT2D eigenvalue weighted by atomic mass is 32.2. The van der Waals surface area contributed by atoms with Gasteiger partial charge in [-0.1, -0.05) is 6.07 Å². The number of anilines is 4. The Hall–Kier alpha value is -3.16. The molecule has 2 fully saturated rings. The van der Waals surface area contributed by atoms with E-state index in [1.807, 2.05) is 13.0 Å². The summed E-state index contributed by atoms with van der Waals surface area (Å²) in [7, 11) is -5.29. The summed E-state index contributed by atoms with van der Waals surface area (Å²) in [6.07, 6.45) is 0. The van der Waals surface area contributed by atoms with E-state index in [9.17, 15) is 18.0 Å². The molecule has 2 saturated heterocycles. The quantitative estimate of drug-likeness (QED) is 0.334. The molecular weight excluding hydrogens is 550 g/mol. The molecule has 0 unspecified atom stereocenters. The Bertz CT molecular complexity index is 1340. The first-order chi connectivity index (χ1) is 19.0. The summed E-state index contributed by atoms with van der Waals surface area (Å²) in [5.74, 6) is -0.684. The van der Waals surface area contributed by atoms with Crippen LogP contribution in [0.2, 0.25) is 25.2 Å². The molecule has 2 N–H and O–H groups in total. The van der Waals surface area contributed by atoms with E-state index in [2.05, 4.69) is 32.9 Å². The number of aromatic nitrogens is 1. The van der Waals surface area contributed by atoms with Crippen LogP contribution >= 0.6 is 0 Å². The van der Waals surface area contributed by atoms with Crippen LogP contribution < -0.4 is 19.8 Å². The second-order valence-electron chi connectivity index (χ2n) is 10.9. The van der Waals surface area contributed by atoms with Gasteiger partial charge in [0, 0.05) is 13.1 Å². The topological polar surface area (TPSA) is 130 Å². The molecule has 0 saturated carbocycles. The number of aryl methyl sites for hydroxylation is 1. The Balaban J connectivity index is 1.59. The highest BCUT2D eigenvalue weighted by molar-refractivity contribution is 7.93. The van der Waals surface area contributed by atoms with Gasteiger partial charge in [0.2, 0.25) is 10.0 Å². The van der Waals surface area contributed by atoms with Crippen molar-refractivity contribution in [2.75, 3.05) is 71.6 Å².